The van der Waals surface area contributed by atoms with Crippen LogP contribution in [0.4, 0.5) is 0 Å². The lowest BCUT2D eigenvalue weighted by atomic mass is 10.0. The van der Waals surface area contributed by atoms with Crippen LogP contribution in [0.3, 0.4) is 0 Å². The molecule has 0 aliphatic rings. The van der Waals surface area contributed by atoms with Gasteiger partial charge in [-0.3, -0.25) is 9.59 Å². The van der Waals surface area contributed by atoms with Gasteiger partial charge in [0.15, 0.2) is 0 Å². The van der Waals surface area contributed by atoms with E-state index in [0.29, 0.717) is 27.5 Å². The first-order chi connectivity index (χ1) is 12.0. The number of hydrazone groups is 1. The van der Waals surface area contributed by atoms with Crippen LogP contribution >= 0.6 is 11.5 Å². The van der Waals surface area contributed by atoms with Crippen molar-refractivity contribution < 1.29 is 9.21 Å². The molecule has 1 N–H and O–H groups in total. The van der Waals surface area contributed by atoms with Gasteiger partial charge in [0, 0.05) is 0 Å². The van der Waals surface area contributed by atoms with Crippen molar-refractivity contribution in [1.82, 2.24) is 15.0 Å². The van der Waals surface area contributed by atoms with Crippen molar-refractivity contribution in [3.63, 3.8) is 0 Å². The van der Waals surface area contributed by atoms with Gasteiger partial charge < -0.3 is 4.42 Å². The molecule has 25 heavy (non-hydrogen) atoms. The highest BCUT2D eigenvalue weighted by molar-refractivity contribution is 7.07. The summed E-state index contributed by atoms with van der Waals surface area (Å²) in [5.74, 6) is -0.118. The van der Waals surface area contributed by atoms with Crippen molar-refractivity contribution >= 4 is 34.6 Å². The van der Waals surface area contributed by atoms with Crippen molar-refractivity contribution in [3.8, 4) is 0 Å². The number of rotatable bonds is 4. The summed E-state index contributed by atoms with van der Waals surface area (Å²) < 4.78 is 9.18. The number of fused-ring (bicyclic) bond motifs is 1. The van der Waals surface area contributed by atoms with E-state index >= 15 is 0 Å². The monoisotopic (exact) mass is 356 g/mol. The minimum absolute atomic E-state index is 0.197. The zero-order chi connectivity index (χ0) is 18.0. The van der Waals surface area contributed by atoms with Gasteiger partial charge in [0.05, 0.1) is 22.9 Å². The maximum atomic E-state index is 12.6. The lowest BCUT2D eigenvalue weighted by Crippen LogP contribution is -2.18. The van der Waals surface area contributed by atoms with Crippen LogP contribution in [0.2, 0.25) is 0 Å². The second-order valence-electron chi connectivity index (χ2n) is 5.82. The van der Waals surface area contributed by atoms with Crippen LogP contribution in [-0.2, 0) is 0 Å². The van der Waals surface area contributed by atoms with Gasteiger partial charge in [0.2, 0.25) is 5.43 Å². The first kappa shape index (κ1) is 17.0. The normalized spacial score (nSPS) is 11.5. The molecule has 2 aromatic heterocycles. The summed E-state index contributed by atoms with van der Waals surface area (Å²) in [6, 6.07) is 5.55. The highest BCUT2D eigenvalue weighted by Crippen LogP contribution is 2.19. The topological polar surface area (TPSA) is 97.5 Å². The van der Waals surface area contributed by atoms with E-state index in [1.807, 2.05) is 12.1 Å². The van der Waals surface area contributed by atoms with E-state index in [1.54, 1.807) is 13.0 Å². The Bertz CT molecular complexity index is 1020. The van der Waals surface area contributed by atoms with Crippen LogP contribution in [0.15, 0.2) is 38.8 Å². The van der Waals surface area contributed by atoms with Gasteiger partial charge in [-0.15, -0.1) is 5.10 Å². The summed E-state index contributed by atoms with van der Waals surface area (Å²) in [7, 11) is 0. The van der Waals surface area contributed by atoms with E-state index < -0.39 is 5.91 Å². The molecule has 0 aliphatic carbocycles. The number of hydrogen-bond acceptors (Lipinski definition) is 7. The molecular weight excluding hydrogens is 340 g/mol. The molecule has 3 rings (SSSR count). The molecule has 1 aromatic carbocycles. The lowest BCUT2D eigenvalue weighted by Gasteiger charge is -2.06. The average molecular weight is 356 g/mol. The van der Waals surface area contributed by atoms with Crippen LogP contribution in [-0.4, -0.2) is 21.7 Å². The van der Waals surface area contributed by atoms with E-state index in [1.165, 1.54) is 12.5 Å². The third kappa shape index (κ3) is 3.48. The number of amides is 1. The van der Waals surface area contributed by atoms with Crippen LogP contribution in [0.25, 0.3) is 11.0 Å². The molecule has 0 atom stereocenters. The summed E-state index contributed by atoms with van der Waals surface area (Å²) in [4.78, 5) is 24.9. The second kappa shape index (κ2) is 6.94. The zero-order valence-electron chi connectivity index (χ0n) is 13.9. The van der Waals surface area contributed by atoms with Crippen molar-refractivity contribution in [1.29, 1.82) is 0 Å². The number of nitrogens with one attached hydrogen (secondary N) is 1. The molecule has 2 heterocycles. The Morgan fingerprint density at radius 1 is 1.40 bits per heavy atom. The SMILES string of the molecule is Cc1nnsc1C(=O)N/N=C\c1coc2ccc(C(C)C)cc2c1=O. The summed E-state index contributed by atoms with van der Waals surface area (Å²) in [5.41, 5.74) is 4.52. The molecule has 0 aliphatic heterocycles. The number of carbonyl (C=O) groups is 1. The highest BCUT2D eigenvalue weighted by atomic mass is 32.1. The number of benzene rings is 1. The number of hydrogen-bond donors (Lipinski definition) is 1. The van der Waals surface area contributed by atoms with E-state index in [4.69, 9.17) is 4.42 Å². The summed E-state index contributed by atoms with van der Waals surface area (Å²) in [5, 5.41) is 8.09. The molecule has 0 fully saturated rings. The Morgan fingerprint density at radius 3 is 2.88 bits per heavy atom. The smallest absolute Gasteiger partial charge is 0.285 e. The molecule has 128 valence electrons. The van der Waals surface area contributed by atoms with Crippen LogP contribution in [0, 0.1) is 6.92 Å². The van der Waals surface area contributed by atoms with Gasteiger partial charge in [-0.25, -0.2) is 5.43 Å². The maximum absolute atomic E-state index is 12.6. The van der Waals surface area contributed by atoms with Gasteiger partial charge >= 0.3 is 0 Å². The quantitative estimate of drug-likeness (QED) is 0.572. The van der Waals surface area contributed by atoms with Gasteiger partial charge in [0.25, 0.3) is 5.91 Å². The van der Waals surface area contributed by atoms with Gasteiger partial charge in [-0.2, -0.15) is 5.10 Å². The maximum Gasteiger partial charge on any atom is 0.285 e. The lowest BCUT2D eigenvalue weighted by molar-refractivity contribution is 0.0958. The van der Waals surface area contributed by atoms with Crippen LogP contribution in [0.5, 0.6) is 0 Å². The Kier molecular flexibility index (Phi) is 4.71. The first-order valence-electron chi connectivity index (χ1n) is 7.65. The molecule has 3 aromatic rings. The fourth-order valence-electron chi connectivity index (χ4n) is 2.26. The molecule has 7 nitrogen and oxygen atoms in total. The van der Waals surface area contributed by atoms with Crippen LogP contribution in [0.1, 0.15) is 46.3 Å². The molecular formula is C17H16N4O3S. The number of nitrogens with zero attached hydrogens (tertiary/aromatic N) is 3. The average Bonchev–Trinajstić information content (AvgIpc) is 3.02. The Balaban J connectivity index is 1.86. The third-order valence-corrected chi connectivity index (χ3v) is 4.54. The molecule has 8 heteroatoms. The van der Waals surface area contributed by atoms with Crippen molar-refractivity contribution in [2.75, 3.05) is 0 Å². The largest absolute Gasteiger partial charge is 0.463 e. The summed E-state index contributed by atoms with van der Waals surface area (Å²) in [6.07, 6.45) is 2.60. The Labute approximate surface area is 147 Å². The number of aromatic nitrogens is 2. The second-order valence-corrected chi connectivity index (χ2v) is 6.57. The molecule has 0 spiro atoms. The van der Waals surface area contributed by atoms with Gasteiger partial charge in [-0.1, -0.05) is 24.4 Å². The predicted molar refractivity (Wildman–Crippen MR) is 96.3 cm³/mol. The minimum atomic E-state index is -0.420. The Morgan fingerprint density at radius 2 is 2.20 bits per heavy atom. The fraction of sp³-hybridized carbons (Fsp3) is 0.235. The van der Waals surface area contributed by atoms with E-state index in [-0.39, 0.29) is 11.0 Å². The van der Waals surface area contributed by atoms with Gasteiger partial charge in [-0.05, 0) is 42.1 Å². The number of aryl methyl sites for hydroxylation is 1. The van der Waals surface area contributed by atoms with Crippen molar-refractivity contribution in [2.24, 2.45) is 5.10 Å². The molecule has 0 bridgehead atoms. The molecule has 0 unspecified atom stereocenters. The Hall–Kier alpha value is -2.87. The minimum Gasteiger partial charge on any atom is -0.463 e. The zero-order valence-corrected chi connectivity index (χ0v) is 14.8. The molecule has 0 saturated heterocycles. The summed E-state index contributed by atoms with van der Waals surface area (Å²) in [6.45, 7) is 5.80. The highest BCUT2D eigenvalue weighted by Gasteiger charge is 2.12. The van der Waals surface area contributed by atoms with Gasteiger partial charge in [0.1, 0.15) is 16.7 Å². The van der Waals surface area contributed by atoms with E-state index in [2.05, 4.69) is 34.0 Å². The number of carbonyl (C=O) groups excluding carboxylic acids is 1. The van der Waals surface area contributed by atoms with Crippen molar-refractivity contribution in [3.05, 3.63) is 56.4 Å². The molecule has 0 saturated carbocycles. The standard InChI is InChI=1S/C17H16N4O3S/c1-9(2)11-4-5-14-13(6-11)15(22)12(8-24-14)7-18-20-17(23)16-10(3)19-21-25-16/h4-9H,1-3H3,(H,20,23)/b18-7-. The van der Waals surface area contributed by atoms with E-state index in [0.717, 1.165) is 17.1 Å². The predicted octanol–water partition coefficient (Wildman–Crippen LogP) is 2.84. The van der Waals surface area contributed by atoms with E-state index in [9.17, 15) is 9.59 Å². The molecule has 1 amide bonds. The third-order valence-electron chi connectivity index (χ3n) is 3.72. The van der Waals surface area contributed by atoms with Crippen LogP contribution < -0.4 is 10.9 Å². The molecule has 0 radical (unpaired) electrons. The van der Waals surface area contributed by atoms with Crippen molar-refractivity contribution in [2.45, 2.75) is 26.7 Å². The summed E-state index contributed by atoms with van der Waals surface area (Å²) >= 11 is 0.986. The first-order valence-corrected chi connectivity index (χ1v) is 8.42. The fourth-order valence-corrected chi connectivity index (χ4v) is 2.81.